The van der Waals surface area contributed by atoms with Crippen molar-refractivity contribution in [1.29, 1.82) is 0 Å². The average Bonchev–Trinajstić information content (AvgIpc) is 2.74. The number of rotatable bonds is 4. The number of furan rings is 1. The molecule has 0 spiro atoms. The quantitative estimate of drug-likeness (QED) is 0.933. The summed E-state index contributed by atoms with van der Waals surface area (Å²) < 4.78 is 32.0. The van der Waals surface area contributed by atoms with E-state index in [0.29, 0.717) is 11.4 Å². The van der Waals surface area contributed by atoms with Crippen LogP contribution in [0.1, 0.15) is 25.2 Å². The van der Waals surface area contributed by atoms with Gasteiger partial charge in [-0.15, -0.1) is 0 Å². The first kappa shape index (κ1) is 14.7. The molecule has 2 aromatic heterocycles. The van der Waals surface area contributed by atoms with Crippen molar-refractivity contribution in [2.45, 2.75) is 38.8 Å². The van der Waals surface area contributed by atoms with Crippen LogP contribution in [0.2, 0.25) is 0 Å². The van der Waals surface area contributed by atoms with E-state index in [-0.39, 0.29) is 11.1 Å². The Morgan fingerprint density at radius 1 is 1.20 bits per heavy atom. The van der Waals surface area contributed by atoms with Gasteiger partial charge < -0.3 is 4.42 Å². The van der Waals surface area contributed by atoms with Crippen LogP contribution in [-0.4, -0.2) is 24.4 Å². The van der Waals surface area contributed by atoms with Crippen molar-refractivity contribution in [1.82, 2.24) is 14.7 Å². The molecule has 2 aromatic rings. The molecular weight excluding hydrogens is 278 g/mol. The highest BCUT2D eigenvalue weighted by atomic mass is 32.2. The standard InChI is InChI=1S/C13H17N3O3S/c1-8(2)16-20(17,18)13-11(5-6-19-13)12-14-9(3)7-10(4)15-12/h5-8,16H,1-4H3. The Morgan fingerprint density at radius 2 is 1.80 bits per heavy atom. The largest absolute Gasteiger partial charge is 0.451 e. The van der Waals surface area contributed by atoms with Crippen molar-refractivity contribution in [2.24, 2.45) is 0 Å². The smallest absolute Gasteiger partial charge is 0.274 e. The van der Waals surface area contributed by atoms with E-state index in [0.717, 1.165) is 11.4 Å². The Hall–Kier alpha value is -1.73. The van der Waals surface area contributed by atoms with Gasteiger partial charge in [-0.2, -0.15) is 0 Å². The van der Waals surface area contributed by atoms with Crippen molar-refractivity contribution in [2.75, 3.05) is 0 Å². The zero-order chi connectivity index (χ0) is 14.9. The lowest BCUT2D eigenvalue weighted by atomic mass is 10.3. The normalized spacial score (nSPS) is 12.1. The van der Waals surface area contributed by atoms with Crippen LogP contribution < -0.4 is 4.72 Å². The summed E-state index contributed by atoms with van der Waals surface area (Å²) in [6.07, 6.45) is 1.32. The van der Waals surface area contributed by atoms with E-state index >= 15 is 0 Å². The lowest BCUT2D eigenvalue weighted by Crippen LogP contribution is -2.30. The van der Waals surface area contributed by atoms with Gasteiger partial charge in [0.25, 0.3) is 10.0 Å². The van der Waals surface area contributed by atoms with Crippen LogP contribution in [0.15, 0.2) is 27.9 Å². The third kappa shape index (κ3) is 3.05. The van der Waals surface area contributed by atoms with Gasteiger partial charge in [-0.3, -0.25) is 0 Å². The van der Waals surface area contributed by atoms with Crippen molar-refractivity contribution in [3.63, 3.8) is 0 Å². The molecule has 0 aliphatic heterocycles. The minimum atomic E-state index is -3.72. The van der Waals surface area contributed by atoms with E-state index < -0.39 is 10.0 Å². The van der Waals surface area contributed by atoms with E-state index in [9.17, 15) is 8.42 Å². The van der Waals surface area contributed by atoms with E-state index in [1.165, 1.54) is 6.26 Å². The molecule has 1 N–H and O–H groups in total. The van der Waals surface area contributed by atoms with Gasteiger partial charge >= 0.3 is 0 Å². The molecule has 0 aromatic carbocycles. The Kier molecular flexibility index (Phi) is 3.92. The molecule has 0 radical (unpaired) electrons. The molecule has 20 heavy (non-hydrogen) atoms. The summed E-state index contributed by atoms with van der Waals surface area (Å²) >= 11 is 0. The maximum absolute atomic E-state index is 12.2. The van der Waals surface area contributed by atoms with Crippen LogP contribution in [0, 0.1) is 13.8 Å². The number of sulfonamides is 1. The number of nitrogens with one attached hydrogen (secondary N) is 1. The summed E-state index contributed by atoms with van der Waals surface area (Å²) in [6.45, 7) is 7.15. The second-order valence-corrected chi connectivity index (χ2v) is 6.49. The maximum atomic E-state index is 12.2. The predicted molar refractivity (Wildman–Crippen MR) is 74.7 cm³/mol. The van der Waals surface area contributed by atoms with Crippen LogP contribution in [0.25, 0.3) is 11.4 Å². The van der Waals surface area contributed by atoms with E-state index in [1.54, 1.807) is 19.9 Å². The van der Waals surface area contributed by atoms with Gasteiger partial charge in [0.15, 0.2) is 5.82 Å². The molecule has 0 saturated carbocycles. The summed E-state index contributed by atoms with van der Waals surface area (Å²) in [4.78, 5) is 8.53. The Bertz CT molecular complexity index is 700. The van der Waals surface area contributed by atoms with Gasteiger partial charge in [-0.1, -0.05) is 0 Å². The Labute approximate surface area is 118 Å². The average molecular weight is 295 g/mol. The highest BCUT2D eigenvalue weighted by molar-refractivity contribution is 7.89. The minimum Gasteiger partial charge on any atom is -0.451 e. The second-order valence-electron chi connectivity index (χ2n) is 4.87. The molecule has 0 atom stereocenters. The fraction of sp³-hybridized carbons (Fsp3) is 0.385. The number of aryl methyl sites for hydroxylation is 2. The number of nitrogens with zero attached hydrogens (tertiary/aromatic N) is 2. The van der Waals surface area contributed by atoms with Crippen LogP contribution in [0.3, 0.4) is 0 Å². The zero-order valence-corrected chi connectivity index (χ0v) is 12.7. The van der Waals surface area contributed by atoms with Crippen LogP contribution >= 0.6 is 0 Å². The maximum Gasteiger partial charge on any atom is 0.274 e. The molecule has 0 bridgehead atoms. The molecule has 2 rings (SSSR count). The fourth-order valence-corrected chi connectivity index (χ4v) is 3.24. The highest BCUT2D eigenvalue weighted by Gasteiger charge is 2.25. The summed E-state index contributed by atoms with van der Waals surface area (Å²) in [7, 11) is -3.72. The first-order valence-corrected chi connectivity index (χ1v) is 7.70. The van der Waals surface area contributed by atoms with Crippen molar-refractivity contribution in [3.05, 3.63) is 29.8 Å². The van der Waals surface area contributed by atoms with Gasteiger partial charge in [-0.05, 0) is 39.8 Å². The van der Waals surface area contributed by atoms with E-state index in [1.807, 2.05) is 19.9 Å². The summed E-state index contributed by atoms with van der Waals surface area (Å²) in [5, 5.41) is -0.156. The Balaban J connectivity index is 2.53. The zero-order valence-electron chi connectivity index (χ0n) is 11.8. The first-order chi connectivity index (χ1) is 9.29. The van der Waals surface area contributed by atoms with Crippen molar-refractivity contribution < 1.29 is 12.8 Å². The van der Waals surface area contributed by atoms with Gasteiger partial charge in [0.2, 0.25) is 5.09 Å². The summed E-state index contributed by atoms with van der Waals surface area (Å²) in [5.74, 6) is 0.348. The summed E-state index contributed by atoms with van der Waals surface area (Å²) in [5.41, 5.74) is 1.91. The van der Waals surface area contributed by atoms with Crippen LogP contribution in [0.5, 0.6) is 0 Å². The molecule has 108 valence electrons. The molecule has 7 heteroatoms. The monoisotopic (exact) mass is 295 g/mol. The SMILES string of the molecule is Cc1cc(C)nc(-c2ccoc2S(=O)(=O)NC(C)C)n1. The molecule has 0 amide bonds. The van der Waals surface area contributed by atoms with E-state index in [2.05, 4.69) is 14.7 Å². The lowest BCUT2D eigenvalue weighted by molar-refractivity contribution is 0.444. The third-order valence-corrected chi connectivity index (χ3v) is 4.07. The second kappa shape index (κ2) is 5.34. The molecular formula is C13H17N3O3S. The number of hydrogen-bond acceptors (Lipinski definition) is 5. The first-order valence-electron chi connectivity index (χ1n) is 6.22. The van der Waals surface area contributed by atoms with E-state index in [4.69, 9.17) is 4.42 Å². The minimum absolute atomic E-state index is 0.156. The van der Waals surface area contributed by atoms with Gasteiger partial charge in [0, 0.05) is 17.4 Å². The van der Waals surface area contributed by atoms with Gasteiger partial charge in [-0.25, -0.2) is 23.1 Å². The van der Waals surface area contributed by atoms with Crippen molar-refractivity contribution in [3.8, 4) is 11.4 Å². The molecule has 2 heterocycles. The fourth-order valence-electron chi connectivity index (χ4n) is 1.88. The Morgan fingerprint density at radius 3 is 2.35 bits per heavy atom. The molecule has 0 unspecified atom stereocenters. The summed E-state index contributed by atoms with van der Waals surface area (Å²) in [6, 6.07) is 3.16. The molecule has 0 aliphatic rings. The molecule has 0 fully saturated rings. The third-order valence-electron chi connectivity index (χ3n) is 2.49. The number of aromatic nitrogens is 2. The molecule has 6 nitrogen and oxygen atoms in total. The lowest BCUT2D eigenvalue weighted by Gasteiger charge is -2.09. The number of hydrogen-bond donors (Lipinski definition) is 1. The highest BCUT2D eigenvalue weighted by Crippen LogP contribution is 2.26. The molecule has 0 saturated heterocycles. The predicted octanol–water partition coefficient (Wildman–Crippen LogP) is 2.04. The van der Waals surface area contributed by atoms with Crippen LogP contribution in [-0.2, 0) is 10.0 Å². The van der Waals surface area contributed by atoms with Crippen LogP contribution in [0.4, 0.5) is 0 Å². The van der Waals surface area contributed by atoms with Gasteiger partial charge in [0.05, 0.1) is 11.8 Å². The van der Waals surface area contributed by atoms with Crippen molar-refractivity contribution >= 4 is 10.0 Å². The molecule has 0 aliphatic carbocycles. The topological polar surface area (TPSA) is 85.1 Å². The van der Waals surface area contributed by atoms with Gasteiger partial charge in [0.1, 0.15) is 0 Å².